The summed E-state index contributed by atoms with van der Waals surface area (Å²) < 4.78 is 24.4. The molecule has 6 nitrogen and oxygen atoms in total. The highest BCUT2D eigenvalue weighted by Gasteiger charge is 2.40. The topological polar surface area (TPSA) is 79.6 Å². The SMILES string of the molecule is COc1cc(/C=C2/C(=O)N(C3CCCC3)C(=O)C(C#N)=C2C)ccc1OCc1ccc(F)cc1. The summed E-state index contributed by atoms with van der Waals surface area (Å²) in [5.41, 5.74) is 2.19. The standard InChI is InChI=1S/C27H25FN2O4/c1-17-22(26(31)30(21-5-3-4-6-21)27(32)23(17)15-29)13-19-9-12-24(25(14-19)33-2)34-16-18-7-10-20(28)11-8-18/h7-14,21H,3-6,16H2,1-2H3/b22-13+. The quantitative estimate of drug-likeness (QED) is 0.450. The maximum atomic E-state index is 13.3. The molecule has 2 aliphatic rings. The Balaban J connectivity index is 1.63. The molecule has 7 heteroatoms. The average molecular weight is 461 g/mol. The van der Waals surface area contributed by atoms with Gasteiger partial charge in [-0.15, -0.1) is 0 Å². The molecule has 1 aliphatic carbocycles. The van der Waals surface area contributed by atoms with Crippen LogP contribution in [0.5, 0.6) is 11.5 Å². The van der Waals surface area contributed by atoms with Gasteiger partial charge in [0.1, 0.15) is 24.1 Å². The Labute approximate surface area is 197 Å². The number of nitrogens with zero attached hydrogens (tertiary/aromatic N) is 2. The molecule has 2 aromatic rings. The second-order valence-corrected chi connectivity index (χ2v) is 8.41. The summed E-state index contributed by atoms with van der Waals surface area (Å²) in [6.07, 6.45) is 5.12. The van der Waals surface area contributed by atoms with Crippen LogP contribution in [0.2, 0.25) is 0 Å². The van der Waals surface area contributed by atoms with Gasteiger partial charge in [0.05, 0.1) is 7.11 Å². The molecule has 0 atom stereocenters. The van der Waals surface area contributed by atoms with Crippen molar-refractivity contribution in [2.75, 3.05) is 7.11 Å². The van der Waals surface area contributed by atoms with Crippen molar-refractivity contribution in [3.8, 4) is 17.6 Å². The summed E-state index contributed by atoms with van der Waals surface area (Å²) in [6, 6.07) is 13.1. The van der Waals surface area contributed by atoms with Gasteiger partial charge in [-0.1, -0.05) is 31.0 Å². The Morgan fingerprint density at radius 3 is 2.44 bits per heavy atom. The molecule has 2 amide bonds. The minimum absolute atomic E-state index is 0.00367. The van der Waals surface area contributed by atoms with E-state index in [1.807, 2.05) is 6.07 Å². The van der Waals surface area contributed by atoms with Crippen LogP contribution in [0.25, 0.3) is 6.08 Å². The zero-order chi connectivity index (χ0) is 24.2. The lowest BCUT2D eigenvalue weighted by atomic mass is 9.92. The van der Waals surface area contributed by atoms with Gasteiger partial charge in [0.15, 0.2) is 11.5 Å². The summed E-state index contributed by atoms with van der Waals surface area (Å²) in [5, 5.41) is 9.60. The average Bonchev–Trinajstić information content (AvgIpc) is 3.36. The maximum Gasteiger partial charge on any atom is 0.271 e. The summed E-state index contributed by atoms with van der Waals surface area (Å²) in [4.78, 5) is 27.4. The van der Waals surface area contributed by atoms with E-state index in [1.165, 1.54) is 24.1 Å². The van der Waals surface area contributed by atoms with Crippen LogP contribution in [0.4, 0.5) is 4.39 Å². The van der Waals surface area contributed by atoms with E-state index in [-0.39, 0.29) is 29.9 Å². The largest absolute Gasteiger partial charge is 0.493 e. The molecule has 0 N–H and O–H groups in total. The number of imide groups is 1. The van der Waals surface area contributed by atoms with Crippen molar-refractivity contribution in [1.82, 2.24) is 4.90 Å². The monoisotopic (exact) mass is 460 g/mol. The number of carbonyl (C=O) groups is 2. The van der Waals surface area contributed by atoms with E-state index >= 15 is 0 Å². The second kappa shape index (κ2) is 9.92. The van der Waals surface area contributed by atoms with Crippen LogP contribution in [0.1, 0.15) is 43.7 Å². The van der Waals surface area contributed by atoms with Crippen molar-refractivity contribution in [1.29, 1.82) is 5.26 Å². The molecule has 0 unspecified atom stereocenters. The number of methoxy groups -OCH3 is 1. The lowest BCUT2D eigenvalue weighted by Gasteiger charge is -2.32. The predicted octanol–water partition coefficient (Wildman–Crippen LogP) is 4.95. The number of carbonyl (C=O) groups excluding carboxylic acids is 2. The van der Waals surface area contributed by atoms with Crippen LogP contribution in [-0.4, -0.2) is 29.9 Å². The molecule has 1 heterocycles. The molecule has 4 rings (SSSR count). The van der Waals surface area contributed by atoms with Gasteiger partial charge in [-0.3, -0.25) is 14.5 Å². The van der Waals surface area contributed by atoms with Crippen molar-refractivity contribution in [2.24, 2.45) is 0 Å². The highest BCUT2D eigenvalue weighted by Crippen LogP contribution is 2.35. The minimum Gasteiger partial charge on any atom is -0.493 e. The molecule has 0 bridgehead atoms. The Morgan fingerprint density at radius 1 is 1.09 bits per heavy atom. The van der Waals surface area contributed by atoms with Crippen LogP contribution in [-0.2, 0) is 16.2 Å². The van der Waals surface area contributed by atoms with Crippen molar-refractivity contribution >= 4 is 17.9 Å². The third kappa shape index (κ3) is 4.58. The van der Waals surface area contributed by atoms with Gasteiger partial charge in [-0.2, -0.15) is 5.26 Å². The fraction of sp³-hybridized carbons (Fsp3) is 0.296. The fourth-order valence-corrected chi connectivity index (χ4v) is 4.40. The van der Waals surface area contributed by atoms with Crippen molar-refractivity contribution in [3.63, 3.8) is 0 Å². The summed E-state index contributed by atoms with van der Waals surface area (Å²) >= 11 is 0. The third-order valence-electron chi connectivity index (χ3n) is 6.27. The van der Waals surface area contributed by atoms with E-state index in [9.17, 15) is 19.2 Å². The van der Waals surface area contributed by atoms with E-state index in [1.54, 1.807) is 43.3 Å². The van der Waals surface area contributed by atoms with Gasteiger partial charge in [0.2, 0.25) is 0 Å². The number of hydrogen-bond acceptors (Lipinski definition) is 5. The van der Waals surface area contributed by atoms with E-state index < -0.39 is 5.91 Å². The molecule has 174 valence electrons. The highest BCUT2D eigenvalue weighted by molar-refractivity contribution is 6.19. The smallest absolute Gasteiger partial charge is 0.271 e. The molecule has 1 saturated carbocycles. The van der Waals surface area contributed by atoms with Crippen LogP contribution in [0, 0.1) is 17.1 Å². The Hall–Kier alpha value is -3.92. The first kappa shape index (κ1) is 23.2. The molecule has 0 aromatic heterocycles. The Kier molecular flexibility index (Phi) is 6.78. The fourth-order valence-electron chi connectivity index (χ4n) is 4.40. The van der Waals surface area contributed by atoms with Crippen LogP contribution in [0.3, 0.4) is 0 Å². The summed E-state index contributed by atoms with van der Waals surface area (Å²) in [7, 11) is 1.52. The number of hydrogen-bond donors (Lipinski definition) is 0. The molecular formula is C27H25FN2O4. The van der Waals surface area contributed by atoms with Gasteiger partial charge in [0, 0.05) is 11.6 Å². The van der Waals surface area contributed by atoms with Gasteiger partial charge >= 0.3 is 0 Å². The van der Waals surface area contributed by atoms with Crippen LogP contribution < -0.4 is 9.47 Å². The van der Waals surface area contributed by atoms with Crippen molar-refractivity contribution in [2.45, 2.75) is 45.3 Å². The number of nitriles is 1. The summed E-state index contributed by atoms with van der Waals surface area (Å²) in [5.74, 6) is -0.226. The normalized spacial score (nSPS) is 17.9. The molecule has 1 aliphatic heterocycles. The Morgan fingerprint density at radius 2 is 1.79 bits per heavy atom. The molecule has 0 saturated heterocycles. The Bertz CT molecular complexity index is 1220. The molecule has 2 aromatic carbocycles. The number of amides is 2. The molecule has 1 fully saturated rings. The molecular weight excluding hydrogens is 435 g/mol. The van der Waals surface area contributed by atoms with Gasteiger partial charge in [-0.05, 0) is 66.8 Å². The molecule has 34 heavy (non-hydrogen) atoms. The lowest BCUT2D eigenvalue weighted by molar-refractivity contribution is -0.143. The van der Waals surface area contributed by atoms with Crippen LogP contribution >= 0.6 is 0 Å². The maximum absolute atomic E-state index is 13.3. The first-order chi connectivity index (χ1) is 16.4. The third-order valence-corrected chi connectivity index (χ3v) is 6.27. The number of halogens is 1. The zero-order valence-electron chi connectivity index (χ0n) is 19.1. The minimum atomic E-state index is -0.504. The number of benzene rings is 2. The predicted molar refractivity (Wildman–Crippen MR) is 124 cm³/mol. The lowest BCUT2D eigenvalue weighted by Crippen LogP contribution is -2.47. The van der Waals surface area contributed by atoms with Gasteiger partial charge in [-0.25, -0.2) is 4.39 Å². The molecule has 0 radical (unpaired) electrons. The summed E-state index contributed by atoms with van der Waals surface area (Å²) in [6.45, 7) is 1.87. The van der Waals surface area contributed by atoms with Gasteiger partial charge < -0.3 is 9.47 Å². The number of ether oxygens (including phenoxy) is 2. The van der Waals surface area contributed by atoms with Crippen molar-refractivity contribution in [3.05, 3.63) is 76.1 Å². The highest BCUT2D eigenvalue weighted by atomic mass is 19.1. The van der Waals surface area contributed by atoms with Gasteiger partial charge in [0.25, 0.3) is 11.8 Å². The van der Waals surface area contributed by atoms with E-state index in [2.05, 4.69) is 0 Å². The first-order valence-electron chi connectivity index (χ1n) is 11.2. The van der Waals surface area contributed by atoms with Crippen LogP contribution in [0.15, 0.2) is 59.2 Å². The van der Waals surface area contributed by atoms with E-state index in [0.29, 0.717) is 28.2 Å². The first-order valence-corrected chi connectivity index (χ1v) is 11.2. The zero-order valence-corrected chi connectivity index (χ0v) is 19.1. The number of rotatable bonds is 6. The molecule has 0 spiro atoms. The van der Waals surface area contributed by atoms with E-state index in [4.69, 9.17) is 9.47 Å². The van der Waals surface area contributed by atoms with Crippen molar-refractivity contribution < 1.29 is 23.5 Å². The second-order valence-electron chi connectivity index (χ2n) is 8.41. The van der Waals surface area contributed by atoms with E-state index in [0.717, 1.165) is 31.2 Å².